The van der Waals surface area contributed by atoms with Gasteiger partial charge >= 0.3 is 0 Å². The number of rotatable bonds is 5. The summed E-state index contributed by atoms with van der Waals surface area (Å²) in [5, 5.41) is 11.2. The zero-order valence-electron chi connectivity index (χ0n) is 17.6. The monoisotopic (exact) mass is 492 g/mol. The third-order valence-electron chi connectivity index (χ3n) is 5.45. The van der Waals surface area contributed by atoms with Gasteiger partial charge in [0.15, 0.2) is 0 Å². The van der Waals surface area contributed by atoms with Crippen molar-refractivity contribution in [2.45, 2.75) is 19.5 Å². The topological polar surface area (TPSA) is 79.7 Å². The molecule has 1 atom stereocenters. The summed E-state index contributed by atoms with van der Waals surface area (Å²) >= 11 is 3.46. The highest BCUT2D eigenvalue weighted by Gasteiger charge is 2.46. The van der Waals surface area contributed by atoms with E-state index < -0.39 is 17.7 Å². The second-order valence-corrected chi connectivity index (χ2v) is 8.44. The number of pyridine rings is 1. The van der Waals surface area contributed by atoms with Gasteiger partial charge in [-0.05, 0) is 60.0 Å². The van der Waals surface area contributed by atoms with Crippen LogP contribution in [0.4, 0.5) is 0 Å². The van der Waals surface area contributed by atoms with Crippen LogP contribution in [0.5, 0.6) is 5.75 Å². The Morgan fingerprint density at radius 2 is 1.97 bits per heavy atom. The van der Waals surface area contributed by atoms with Gasteiger partial charge in [-0.2, -0.15) is 0 Å². The van der Waals surface area contributed by atoms with E-state index in [-0.39, 0.29) is 17.9 Å². The van der Waals surface area contributed by atoms with Crippen molar-refractivity contribution in [3.63, 3.8) is 0 Å². The maximum Gasteiger partial charge on any atom is 0.295 e. The number of nitrogens with zero attached hydrogens (tertiary/aromatic N) is 2. The number of halogens is 1. The van der Waals surface area contributed by atoms with E-state index in [2.05, 4.69) is 20.9 Å². The number of Topliss-reactive ketones (excluding diaryl/α,β-unsaturated/α-hetero) is 1. The number of ketones is 1. The average Bonchev–Trinajstić information content (AvgIpc) is 3.04. The summed E-state index contributed by atoms with van der Waals surface area (Å²) in [4.78, 5) is 31.8. The van der Waals surface area contributed by atoms with Crippen LogP contribution in [0.2, 0.25) is 0 Å². The number of benzene rings is 2. The molecule has 1 fully saturated rings. The predicted octanol–water partition coefficient (Wildman–Crippen LogP) is 4.78. The van der Waals surface area contributed by atoms with E-state index in [4.69, 9.17) is 4.74 Å². The standard InChI is InChI=1S/C25H21BrN2O4/c1-15-11-18(8-9-20(15)32-2)23(29)21-22(17-6-3-7-19(26)12-17)28(25(31)24(21)30)14-16-5-4-10-27-13-16/h3-13,22,29H,14H2,1-2H3/t22-/m0/s1. The van der Waals surface area contributed by atoms with Gasteiger partial charge in [-0.1, -0.05) is 34.1 Å². The van der Waals surface area contributed by atoms with Crippen LogP contribution in [0.15, 0.2) is 77.0 Å². The number of methoxy groups -OCH3 is 1. The lowest BCUT2D eigenvalue weighted by molar-refractivity contribution is -0.140. The largest absolute Gasteiger partial charge is 0.507 e. The van der Waals surface area contributed by atoms with Crippen molar-refractivity contribution in [2.75, 3.05) is 7.11 Å². The SMILES string of the molecule is COc1ccc(C(O)=C2C(=O)C(=O)N(Cc3cccnc3)[C@H]2c2cccc(Br)c2)cc1C. The minimum absolute atomic E-state index is 0.0570. The molecule has 1 aliphatic rings. The first-order valence-corrected chi connectivity index (χ1v) is 10.8. The van der Waals surface area contributed by atoms with Gasteiger partial charge in [0.25, 0.3) is 11.7 Å². The average molecular weight is 493 g/mol. The summed E-state index contributed by atoms with van der Waals surface area (Å²) in [6.45, 7) is 2.04. The summed E-state index contributed by atoms with van der Waals surface area (Å²) in [6.07, 6.45) is 3.31. The number of aromatic nitrogens is 1. The van der Waals surface area contributed by atoms with E-state index in [1.54, 1.807) is 43.8 Å². The molecule has 0 saturated carbocycles. The summed E-state index contributed by atoms with van der Waals surface area (Å²) in [6, 6.07) is 15.4. The highest BCUT2D eigenvalue weighted by Crippen LogP contribution is 2.41. The van der Waals surface area contributed by atoms with E-state index in [0.717, 1.165) is 15.6 Å². The van der Waals surface area contributed by atoms with Crippen LogP contribution in [-0.2, 0) is 16.1 Å². The van der Waals surface area contributed by atoms with Gasteiger partial charge in [0.2, 0.25) is 0 Å². The third kappa shape index (κ3) is 4.03. The summed E-state index contributed by atoms with van der Waals surface area (Å²) in [5.41, 5.74) is 2.81. The van der Waals surface area contributed by atoms with Crippen molar-refractivity contribution in [3.8, 4) is 5.75 Å². The number of aryl methyl sites for hydroxylation is 1. The second-order valence-electron chi connectivity index (χ2n) is 7.53. The molecule has 2 heterocycles. The molecule has 1 aromatic heterocycles. The number of carbonyl (C=O) groups is 2. The number of ether oxygens (including phenoxy) is 1. The molecule has 0 bridgehead atoms. The molecule has 1 N–H and O–H groups in total. The highest BCUT2D eigenvalue weighted by atomic mass is 79.9. The second kappa shape index (κ2) is 8.96. The predicted molar refractivity (Wildman–Crippen MR) is 124 cm³/mol. The van der Waals surface area contributed by atoms with Crippen LogP contribution in [0.25, 0.3) is 5.76 Å². The first-order valence-electron chi connectivity index (χ1n) is 9.98. The van der Waals surface area contributed by atoms with Crippen LogP contribution >= 0.6 is 15.9 Å². The van der Waals surface area contributed by atoms with Gasteiger partial charge in [-0.3, -0.25) is 14.6 Å². The molecule has 1 aliphatic heterocycles. The zero-order valence-corrected chi connectivity index (χ0v) is 19.2. The van der Waals surface area contributed by atoms with Crippen LogP contribution in [0.3, 0.4) is 0 Å². The Morgan fingerprint density at radius 1 is 1.16 bits per heavy atom. The Morgan fingerprint density at radius 3 is 2.62 bits per heavy atom. The molecule has 0 aliphatic carbocycles. The smallest absolute Gasteiger partial charge is 0.295 e. The van der Waals surface area contributed by atoms with Crippen molar-refractivity contribution in [1.82, 2.24) is 9.88 Å². The lowest BCUT2D eigenvalue weighted by Crippen LogP contribution is -2.29. The van der Waals surface area contributed by atoms with Gasteiger partial charge in [-0.25, -0.2) is 0 Å². The Kier molecular flexibility index (Phi) is 6.10. The Balaban J connectivity index is 1.87. The molecule has 1 amide bonds. The number of aliphatic hydroxyl groups excluding tert-OH is 1. The van der Waals surface area contributed by atoms with E-state index in [0.29, 0.717) is 16.9 Å². The van der Waals surface area contributed by atoms with Crippen LogP contribution in [0, 0.1) is 6.92 Å². The highest BCUT2D eigenvalue weighted by molar-refractivity contribution is 9.10. The van der Waals surface area contributed by atoms with Crippen molar-refractivity contribution >= 4 is 33.4 Å². The zero-order chi connectivity index (χ0) is 22.8. The van der Waals surface area contributed by atoms with Crippen molar-refractivity contribution in [3.05, 3.63) is 99.3 Å². The van der Waals surface area contributed by atoms with Crippen molar-refractivity contribution < 1.29 is 19.4 Å². The molecule has 6 nitrogen and oxygen atoms in total. The minimum atomic E-state index is -0.741. The van der Waals surface area contributed by atoms with Crippen molar-refractivity contribution in [2.24, 2.45) is 0 Å². The number of aliphatic hydroxyl groups is 1. The molecule has 162 valence electrons. The fourth-order valence-corrected chi connectivity index (χ4v) is 4.35. The maximum absolute atomic E-state index is 13.1. The molecule has 4 rings (SSSR count). The maximum atomic E-state index is 13.1. The fraction of sp³-hybridized carbons (Fsp3) is 0.160. The number of hydrogen-bond donors (Lipinski definition) is 1. The summed E-state index contributed by atoms with van der Waals surface area (Å²) in [7, 11) is 1.57. The molecule has 0 unspecified atom stereocenters. The first-order chi connectivity index (χ1) is 15.4. The molecular weight excluding hydrogens is 472 g/mol. The van der Waals surface area contributed by atoms with Gasteiger partial charge in [-0.15, -0.1) is 0 Å². The van der Waals surface area contributed by atoms with E-state index in [1.807, 2.05) is 37.3 Å². The van der Waals surface area contributed by atoms with E-state index in [1.165, 1.54) is 4.90 Å². The Labute approximate surface area is 194 Å². The Hall–Kier alpha value is -3.45. The normalized spacial score (nSPS) is 17.6. The molecule has 7 heteroatoms. The molecule has 3 aromatic rings. The number of hydrogen-bond acceptors (Lipinski definition) is 5. The molecule has 32 heavy (non-hydrogen) atoms. The quantitative estimate of drug-likeness (QED) is 0.314. The van der Waals surface area contributed by atoms with E-state index >= 15 is 0 Å². The van der Waals surface area contributed by atoms with Gasteiger partial charge in [0.05, 0.1) is 18.7 Å². The van der Waals surface area contributed by atoms with Crippen molar-refractivity contribution in [1.29, 1.82) is 0 Å². The number of carbonyl (C=O) groups excluding carboxylic acids is 2. The molecular formula is C25H21BrN2O4. The molecule has 2 aromatic carbocycles. The molecule has 0 spiro atoms. The van der Waals surface area contributed by atoms with Gasteiger partial charge in [0.1, 0.15) is 11.5 Å². The molecule has 1 saturated heterocycles. The minimum Gasteiger partial charge on any atom is -0.507 e. The van der Waals surface area contributed by atoms with Crippen LogP contribution < -0.4 is 4.74 Å². The first kappa shape index (κ1) is 21.8. The summed E-state index contributed by atoms with van der Waals surface area (Å²) in [5.74, 6) is -0.926. The number of likely N-dealkylation sites (tertiary alicyclic amines) is 1. The van der Waals surface area contributed by atoms with Crippen LogP contribution in [-0.4, -0.2) is 33.8 Å². The lowest BCUT2D eigenvalue weighted by Gasteiger charge is -2.25. The number of amides is 1. The third-order valence-corrected chi connectivity index (χ3v) is 5.94. The van der Waals surface area contributed by atoms with Gasteiger partial charge < -0.3 is 14.7 Å². The Bertz CT molecular complexity index is 1220. The summed E-state index contributed by atoms with van der Waals surface area (Å²) < 4.78 is 6.10. The lowest BCUT2D eigenvalue weighted by atomic mass is 9.94. The molecule has 0 radical (unpaired) electrons. The van der Waals surface area contributed by atoms with Gasteiger partial charge in [0, 0.05) is 29.0 Å². The van der Waals surface area contributed by atoms with Crippen LogP contribution in [0.1, 0.15) is 28.3 Å². The van der Waals surface area contributed by atoms with E-state index in [9.17, 15) is 14.7 Å². The fourth-order valence-electron chi connectivity index (χ4n) is 3.94.